The zero-order valence-electron chi connectivity index (χ0n) is 12.5. The summed E-state index contributed by atoms with van der Waals surface area (Å²) in [5, 5.41) is 7.86. The number of amides is 1. The predicted octanol–water partition coefficient (Wildman–Crippen LogP) is 3.56. The standard InChI is InChI=1S/C17H17N3OS/c1-20(11-12-6-8-14(22-2)9-7-12)17(21)15-5-3-4-13-10-18-19-16(13)15/h3-10H,11H2,1-2H3,(H,18,19). The van der Waals surface area contributed by atoms with Gasteiger partial charge in [-0.1, -0.05) is 24.3 Å². The van der Waals surface area contributed by atoms with E-state index >= 15 is 0 Å². The molecule has 0 unspecified atom stereocenters. The molecule has 0 aliphatic rings. The van der Waals surface area contributed by atoms with Crippen molar-refractivity contribution < 1.29 is 4.79 Å². The minimum absolute atomic E-state index is 0.0104. The van der Waals surface area contributed by atoms with Crippen molar-refractivity contribution in [1.82, 2.24) is 15.1 Å². The number of hydrogen-bond acceptors (Lipinski definition) is 3. The molecule has 0 spiro atoms. The SMILES string of the molecule is CSc1ccc(CN(C)C(=O)c2cccc3cn[nH]c23)cc1. The molecule has 0 radical (unpaired) electrons. The number of hydrogen-bond donors (Lipinski definition) is 1. The molecule has 1 N–H and O–H groups in total. The van der Waals surface area contributed by atoms with Gasteiger partial charge in [0.2, 0.25) is 0 Å². The molecule has 22 heavy (non-hydrogen) atoms. The van der Waals surface area contributed by atoms with Crippen molar-refractivity contribution in [1.29, 1.82) is 0 Å². The second-order valence-electron chi connectivity index (χ2n) is 5.15. The topological polar surface area (TPSA) is 49.0 Å². The number of carbonyl (C=O) groups is 1. The number of aromatic amines is 1. The molecule has 112 valence electrons. The highest BCUT2D eigenvalue weighted by molar-refractivity contribution is 7.98. The Kier molecular flexibility index (Phi) is 4.15. The fourth-order valence-electron chi connectivity index (χ4n) is 2.43. The van der Waals surface area contributed by atoms with Crippen molar-refractivity contribution in [2.75, 3.05) is 13.3 Å². The second kappa shape index (κ2) is 6.23. The maximum Gasteiger partial charge on any atom is 0.256 e. The molecule has 4 nitrogen and oxygen atoms in total. The van der Waals surface area contributed by atoms with Crippen LogP contribution in [0, 0.1) is 0 Å². The lowest BCUT2D eigenvalue weighted by Crippen LogP contribution is -2.26. The molecule has 0 saturated carbocycles. The highest BCUT2D eigenvalue weighted by atomic mass is 32.2. The highest BCUT2D eigenvalue weighted by Crippen LogP contribution is 2.19. The average molecular weight is 311 g/mol. The van der Waals surface area contributed by atoms with Crippen LogP contribution in [0.25, 0.3) is 10.9 Å². The van der Waals surface area contributed by atoms with Gasteiger partial charge >= 0.3 is 0 Å². The van der Waals surface area contributed by atoms with Gasteiger partial charge in [0.15, 0.2) is 0 Å². The van der Waals surface area contributed by atoms with E-state index in [4.69, 9.17) is 0 Å². The molecule has 0 atom stereocenters. The summed E-state index contributed by atoms with van der Waals surface area (Å²) in [5.74, 6) is -0.0104. The molecule has 2 aromatic carbocycles. The van der Waals surface area contributed by atoms with Crippen molar-refractivity contribution in [3.63, 3.8) is 0 Å². The Balaban J connectivity index is 1.80. The summed E-state index contributed by atoms with van der Waals surface area (Å²) < 4.78 is 0. The lowest BCUT2D eigenvalue weighted by atomic mass is 10.1. The fourth-order valence-corrected chi connectivity index (χ4v) is 2.84. The molecule has 0 aliphatic carbocycles. The van der Waals surface area contributed by atoms with E-state index in [1.54, 1.807) is 22.9 Å². The number of benzene rings is 2. The predicted molar refractivity (Wildman–Crippen MR) is 90.1 cm³/mol. The zero-order chi connectivity index (χ0) is 15.5. The van der Waals surface area contributed by atoms with Crippen molar-refractivity contribution in [3.8, 4) is 0 Å². The number of H-pyrrole nitrogens is 1. The number of thioether (sulfide) groups is 1. The Labute approximate surface area is 133 Å². The Morgan fingerprint density at radius 3 is 2.73 bits per heavy atom. The molecule has 3 aromatic rings. The van der Waals surface area contributed by atoms with E-state index in [0.29, 0.717) is 12.1 Å². The van der Waals surface area contributed by atoms with Crippen LogP contribution in [0.1, 0.15) is 15.9 Å². The zero-order valence-corrected chi connectivity index (χ0v) is 13.4. The van der Waals surface area contributed by atoms with E-state index in [1.807, 2.05) is 25.2 Å². The van der Waals surface area contributed by atoms with Crippen molar-refractivity contribution in [3.05, 3.63) is 59.8 Å². The van der Waals surface area contributed by atoms with Gasteiger partial charge < -0.3 is 4.90 Å². The minimum atomic E-state index is -0.0104. The van der Waals surface area contributed by atoms with Crippen molar-refractivity contribution in [2.24, 2.45) is 0 Å². The number of rotatable bonds is 4. The van der Waals surface area contributed by atoms with E-state index in [9.17, 15) is 4.79 Å². The van der Waals surface area contributed by atoms with Gasteiger partial charge in [-0.25, -0.2) is 0 Å². The molecule has 1 amide bonds. The van der Waals surface area contributed by atoms with Gasteiger partial charge in [-0.15, -0.1) is 11.8 Å². The van der Waals surface area contributed by atoms with E-state index in [2.05, 4.69) is 40.7 Å². The van der Waals surface area contributed by atoms with Gasteiger partial charge in [0, 0.05) is 23.9 Å². The Hall–Kier alpha value is -2.27. The number of nitrogens with zero attached hydrogens (tertiary/aromatic N) is 2. The first-order valence-electron chi connectivity index (χ1n) is 6.99. The molecule has 0 aliphatic heterocycles. The van der Waals surface area contributed by atoms with Crippen LogP contribution in [0.3, 0.4) is 0 Å². The Bertz CT molecular complexity index is 795. The summed E-state index contributed by atoms with van der Waals surface area (Å²) in [6, 6.07) is 13.9. The van der Waals surface area contributed by atoms with E-state index in [-0.39, 0.29) is 5.91 Å². The maximum atomic E-state index is 12.7. The summed E-state index contributed by atoms with van der Waals surface area (Å²) in [5.41, 5.74) is 2.56. The smallest absolute Gasteiger partial charge is 0.256 e. The van der Waals surface area contributed by atoms with Gasteiger partial charge in [0.25, 0.3) is 5.91 Å². The fraction of sp³-hybridized carbons (Fsp3) is 0.176. The quantitative estimate of drug-likeness (QED) is 0.750. The Morgan fingerprint density at radius 2 is 2.00 bits per heavy atom. The van der Waals surface area contributed by atoms with E-state index < -0.39 is 0 Å². The summed E-state index contributed by atoms with van der Waals surface area (Å²) >= 11 is 1.71. The normalized spacial score (nSPS) is 10.8. The van der Waals surface area contributed by atoms with Gasteiger partial charge in [0.1, 0.15) is 0 Å². The monoisotopic (exact) mass is 311 g/mol. The minimum Gasteiger partial charge on any atom is -0.337 e. The van der Waals surface area contributed by atoms with Gasteiger partial charge in [-0.3, -0.25) is 9.89 Å². The molecular weight excluding hydrogens is 294 g/mol. The number of nitrogens with one attached hydrogen (secondary N) is 1. The second-order valence-corrected chi connectivity index (χ2v) is 6.03. The van der Waals surface area contributed by atoms with Crippen LogP contribution in [0.15, 0.2) is 53.6 Å². The van der Waals surface area contributed by atoms with E-state index in [0.717, 1.165) is 16.5 Å². The number of fused-ring (bicyclic) bond motifs is 1. The lowest BCUT2D eigenvalue weighted by molar-refractivity contribution is 0.0787. The summed E-state index contributed by atoms with van der Waals surface area (Å²) in [6.45, 7) is 0.581. The van der Waals surface area contributed by atoms with Crippen LogP contribution >= 0.6 is 11.8 Å². The first kappa shape index (κ1) is 14.7. The van der Waals surface area contributed by atoms with Crippen LogP contribution < -0.4 is 0 Å². The summed E-state index contributed by atoms with van der Waals surface area (Å²) in [4.78, 5) is 15.6. The van der Waals surface area contributed by atoms with Gasteiger partial charge in [0.05, 0.1) is 17.3 Å². The first-order chi connectivity index (χ1) is 10.7. The number of para-hydroxylation sites is 1. The number of carbonyl (C=O) groups excluding carboxylic acids is 1. The summed E-state index contributed by atoms with van der Waals surface area (Å²) in [6.07, 6.45) is 3.78. The molecule has 1 aromatic heterocycles. The lowest BCUT2D eigenvalue weighted by Gasteiger charge is -2.18. The molecule has 5 heteroatoms. The molecule has 0 fully saturated rings. The van der Waals surface area contributed by atoms with Crippen molar-refractivity contribution >= 4 is 28.6 Å². The Morgan fingerprint density at radius 1 is 1.23 bits per heavy atom. The molecule has 3 rings (SSSR count). The largest absolute Gasteiger partial charge is 0.337 e. The third-order valence-corrected chi connectivity index (χ3v) is 4.38. The third-order valence-electron chi connectivity index (χ3n) is 3.63. The molecule has 1 heterocycles. The van der Waals surface area contributed by atoms with Crippen LogP contribution in [-0.4, -0.2) is 34.3 Å². The van der Waals surface area contributed by atoms with Gasteiger partial charge in [-0.05, 0) is 30.0 Å². The third kappa shape index (κ3) is 2.85. The molecular formula is C17H17N3OS. The molecule has 0 bridgehead atoms. The van der Waals surface area contributed by atoms with Crippen LogP contribution in [0.4, 0.5) is 0 Å². The van der Waals surface area contributed by atoms with Gasteiger partial charge in [-0.2, -0.15) is 5.10 Å². The van der Waals surface area contributed by atoms with Crippen LogP contribution in [0.5, 0.6) is 0 Å². The number of aromatic nitrogens is 2. The average Bonchev–Trinajstić information content (AvgIpc) is 3.03. The summed E-state index contributed by atoms with van der Waals surface area (Å²) in [7, 11) is 1.82. The van der Waals surface area contributed by atoms with Crippen molar-refractivity contribution in [2.45, 2.75) is 11.4 Å². The molecule has 0 saturated heterocycles. The first-order valence-corrected chi connectivity index (χ1v) is 8.22. The van der Waals surface area contributed by atoms with E-state index in [1.165, 1.54) is 4.90 Å². The van der Waals surface area contributed by atoms with Crippen LogP contribution in [-0.2, 0) is 6.54 Å². The van der Waals surface area contributed by atoms with Crippen LogP contribution in [0.2, 0.25) is 0 Å². The maximum absolute atomic E-state index is 12.7. The highest BCUT2D eigenvalue weighted by Gasteiger charge is 2.15.